The van der Waals surface area contributed by atoms with Crippen molar-refractivity contribution in [2.24, 2.45) is 0 Å². The van der Waals surface area contributed by atoms with Crippen LogP contribution >= 0.6 is 12.4 Å². The predicted octanol–water partition coefficient (Wildman–Crippen LogP) is 2.20. The van der Waals surface area contributed by atoms with E-state index in [-0.39, 0.29) is 41.3 Å². The first-order valence-corrected chi connectivity index (χ1v) is 7.60. The van der Waals surface area contributed by atoms with E-state index in [1.807, 2.05) is 11.8 Å². The summed E-state index contributed by atoms with van der Waals surface area (Å²) in [5.74, 6) is -0.213. The maximum Gasteiger partial charge on any atom is 0.270 e. The standard InChI is InChI=1S/C15H22N4O3.ClH/c1-2-9-18(11-5-7-17-8-6-11)15(20)13-10-12(19(21)22)3-4-14(13)16;/h3-4,10-11,17H,2,5-9,16H2,1H3;1H. The molecule has 0 aliphatic carbocycles. The highest BCUT2D eigenvalue weighted by atomic mass is 35.5. The van der Waals surface area contributed by atoms with Gasteiger partial charge in [0.15, 0.2) is 0 Å². The average molecular weight is 343 g/mol. The van der Waals surface area contributed by atoms with E-state index in [1.54, 1.807) is 0 Å². The Morgan fingerprint density at radius 2 is 2.09 bits per heavy atom. The second-order valence-corrected chi connectivity index (χ2v) is 5.51. The summed E-state index contributed by atoms with van der Waals surface area (Å²) in [6.07, 6.45) is 2.62. The minimum atomic E-state index is -0.509. The molecule has 0 unspecified atom stereocenters. The normalized spacial score (nSPS) is 14.8. The fourth-order valence-electron chi connectivity index (χ4n) is 2.81. The number of rotatable bonds is 5. The molecule has 7 nitrogen and oxygen atoms in total. The van der Waals surface area contributed by atoms with Crippen LogP contribution in [0.25, 0.3) is 0 Å². The molecule has 0 spiro atoms. The molecule has 1 aliphatic rings. The number of benzene rings is 1. The van der Waals surface area contributed by atoms with E-state index in [2.05, 4.69) is 5.32 Å². The number of nitrogen functional groups attached to an aromatic ring is 1. The van der Waals surface area contributed by atoms with Crippen molar-refractivity contribution >= 4 is 29.7 Å². The summed E-state index contributed by atoms with van der Waals surface area (Å²) in [6, 6.07) is 4.19. The van der Waals surface area contributed by atoms with Crippen molar-refractivity contribution in [1.29, 1.82) is 0 Å². The summed E-state index contributed by atoms with van der Waals surface area (Å²) in [4.78, 5) is 25.1. The van der Waals surface area contributed by atoms with Crippen molar-refractivity contribution in [1.82, 2.24) is 10.2 Å². The number of nitrogens with zero attached hydrogens (tertiary/aromatic N) is 2. The molecular weight excluding hydrogens is 320 g/mol. The zero-order chi connectivity index (χ0) is 16.1. The Bertz CT molecular complexity index is 562. The molecule has 1 saturated heterocycles. The quantitative estimate of drug-likeness (QED) is 0.485. The molecule has 3 N–H and O–H groups in total. The number of piperidine rings is 1. The summed E-state index contributed by atoms with van der Waals surface area (Å²) >= 11 is 0. The molecule has 0 atom stereocenters. The number of nitro groups is 1. The van der Waals surface area contributed by atoms with E-state index >= 15 is 0 Å². The third kappa shape index (κ3) is 4.56. The van der Waals surface area contributed by atoms with Gasteiger partial charge in [0.1, 0.15) is 0 Å². The number of nitrogens with two attached hydrogens (primary N) is 1. The molecule has 0 saturated carbocycles. The number of amides is 1. The third-order valence-corrected chi connectivity index (χ3v) is 3.95. The van der Waals surface area contributed by atoms with E-state index in [1.165, 1.54) is 18.2 Å². The van der Waals surface area contributed by atoms with Crippen LogP contribution in [0.5, 0.6) is 0 Å². The number of nitrogens with one attached hydrogen (secondary N) is 1. The summed E-state index contributed by atoms with van der Waals surface area (Å²) in [5, 5.41) is 14.2. The van der Waals surface area contributed by atoms with Crippen molar-refractivity contribution in [3.8, 4) is 0 Å². The Hall–Kier alpha value is -1.86. The lowest BCUT2D eigenvalue weighted by Crippen LogP contribution is -2.46. The number of anilines is 1. The fourth-order valence-corrected chi connectivity index (χ4v) is 2.81. The van der Waals surface area contributed by atoms with E-state index in [9.17, 15) is 14.9 Å². The van der Waals surface area contributed by atoms with Crippen molar-refractivity contribution in [2.75, 3.05) is 25.4 Å². The largest absolute Gasteiger partial charge is 0.398 e. The van der Waals surface area contributed by atoms with Crippen molar-refractivity contribution in [3.05, 3.63) is 33.9 Å². The van der Waals surface area contributed by atoms with Crippen LogP contribution < -0.4 is 11.1 Å². The Kier molecular flexibility index (Phi) is 7.25. The van der Waals surface area contributed by atoms with Crippen molar-refractivity contribution < 1.29 is 9.72 Å². The van der Waals surface area contributed by atoms with Gasteiger partial charge in [-0.05, 0) is 38.4 Å². The molecule has 0 bridgehead atoms. The van der Waals surface area contributed by atoms with Crippen molar-refractivity contribution in [2.45, 2.75) is 32.2 Å². The smallest absolute Gasteiger partial charge is 0.270 e. The van der Waals surface area contributed by atoms with Crippen LogP contribution in [0.3, 0.4) is 0 Å². The SMILES string of the molecule is CCCN(C(=O)c1cc([N+](=O)[O-])ccc1N)C1CCNCC1.Cl. The van der Waals surface area contributed by atoms with Gasteiger partial charge in [0.25, 0.3) is 11.6 Å². The lowest BCUT2D eigenvalue weighted by atomic mass is 10.0. The van der Waals surface area contributed by atoms with Gasteiger partial charge >= 0.3 is 0 Å². The highest BCUT2D eigenvalue weighted by molar-refractivity contribution is 6.00. The fraction of sp³-hybridized carbons (Fsp3) is 0.533. The van der Waals surface area contributed by atoms with Gasteiger partial charge in [-0.15, -0.1) is 12.4 Å². The average Bonchev–Trinajstić information content (AvgIpc) is 2.53. The zero-order valence-electron chi connectivity index (χ0n) is 13.2. The molecule has 1 aromatic rings. The number of carbonyl (C=O) groups excluding carboxylic acids is 1. The van der Waals surface area contributed by atoms with E-state index in [0.29, 0.717) is 6.54 Å². The van der Waals surface area contributed by atoms with Gasteiger partial charge in [-0.1, -0.05) is 6.92 Å². The number of nitro benzene ring substituents is 1. The molecule has 1 aliphatic heterocycles. The van der Waals surface area contributed by atoms with Crippen LogP contribution in [0.2, 0.25) is 0 Å². The van der Waals surface area contributed by atoms with Crippen LogP contribution in [-0.2, 0) is 0 Å². The molecule has 23 heavy (non-hydrogen) atoms. The Balaban J connectivity index is 0.00000264. The van der Waals surface area contributed by atoms with Crippen molar-refractivity contribution in [3.63, 3.8) is 0 Å². The van der Waals surface area contributed by atoms with Gasteiger partial charge in [-0.25, -0.2) is 0 Å². The molecule has 128 valence electrons. The molecule has 1 aromatic carbocycles. The molecular formula is C15H23ClN4O3. The number of hydrogen-bond acceptors (Lipinski definition) is 5. The van der Waals surface area contributed by atoms with E-state index in [0.717, 1.165) is 32.4 Å². The molecule has 1 heterocycles. The maximum absolute atomic E-state index is 12.8. The lowest BCUT2D eigenvalue weighted by molar-refractivity contribution is -0.384. The van der Waals surface area contributed by atoms with Crippen LogP contribution in [0.15, 0.2) is 18.2 Å². The van der Waals surface area contributed by atoms with E-state index in [4.69, 9.17) is 5.73 Å². The first kappa shape index (κ1) is 19.2. The highest BCUT2D eigenvalue weighted by Gasteiger charge is 2.27. The van der Waals surface area contributed by atoms with Gasteiger partial charge in [-0.3, -0.25) is 14.9 Å². The number of non-ortho nitro benzene ring substituents is 1. The topological polar surface area (TPSA) is 102 Å². The summed E-state index contributed by atoms with van der Waals surface area (Å²) in [7, 11) is 0. The minimum Gasteiger partial charge on any atom is -0.398 e. The third-order valence-electron chi connectivity index (χ3n) is 3.95. The van der Waals surface area contributed by atoms with Gasteiger partial charge in [-0.2, -0.15) is 0 Å². The van der Waals surface area contributed by atoms with Crippen LogP contribution in [0.1, 0.15) is 36.5 Å². The van der Waals surface area contributed by atoms with Gasteiger partial charge in [0, 0.05) is 30.4 Å². The molecule has 0 radical (unpaired) electrons. The lowest BCUT2D eigenvalue weighted by Gasteiger charge is -2.34. The summed E-state index contributed by atoms with van der Waals surface area (Å²) in [5.41, 5.74) is 6.27. The highest BCUT2D eigenvalue weighted by Crippen LogP contribution is 2.23. The van der Waals surface area contributed by atoms with Gasteiger partial charge in [0.05, 0.1) is 10.5 Å². The summed E-state index contributed by atoms with van der Waals surface area (Å²) in [6.45, 7) is 4.40. The van der Waals surface area contributed by atoms with Crippen LogP contribution in [0.4, 0.5) is 11.4 Å². The predicted molar refractivity (Wildman–Crippen MR) is 92.0 cm³/mol. The first-order chi connectivity index (χ1) is 10.5. The minimum absolute atomic E-state index is 0. The Labute approximate surface area is 141 Å². The number of halogens is 1. The Morgan fingerprint density at radius 1 is 1.43 bits per heavy atom. The maximum atomic E-state index is 12.8. The molecule has 2 rings (SSSR count). The number of carbonyl (C=O) groups is 1. The first-order valence-electron chi connectivity index (χ1n) is 7.60. The molecule has 1 fully saturated rings. The van der Waals surface area contributed by atoms with E-state index < -0.39 is 4.92 Å². The molecule has 0 aromatic heterocycles. The second kappa shape index (κ2) is 8.69. The monoisotopic (exact) mass is 342 g/mol. The Morgan fingerprint density at radius 3 is 2.65 bits per heavy atom. The molecule has 8 heteroatoms. The summed E-state index contributed by atoms with van der Waals surface area (Å²) < 4.78 is 0. The van der Waals surface area contributed by atoms with Crippen LogP contribution in [0, 0.1) is 10.1 Å². The number of hydrogen-bond donors (Lipinski definition) is 2. The second-order valence-electron chi connectivity index (χ2n) is 5.51. The zero-order valence-corrected chi connectivity index (χ0v) is 14.0. The van der Waals surface area contributed by atoms with Gasteiger partial charge in [0.2, 0.25) is 0 Å². The van der Waals surface area contributed by atoms with Crippen LogP contribution in [-0.4, -0.2) is 41.4 Å². The van der Waals surface area contributed by atoms with Gasteiger partial charge < -0.3 is 16.0 Å². The molecule has 1 amide bonds.